The topological polar surface area (TPSA) is 15.3 Å². The maximum Gasteiger partial charge on any atom is 0.0366 e. The summed E-state index contributed by atoms with van der Waals surface area (Å²) in [7, 11) is 0. The Hall–Kier alpha value is -1.02. The Balaban J connectivity index is 2.04. The van der Waals surface area contributed by atoms with Gasteiger partial charge in [-0.2, -0.15) is 0 Å². The van der Waals surface area contributed by atoms with E-state index in [9.17, 15) is 0 Å². The van der Waals surface area contributed by atoms with Crippen LogP contribution in [-0.2, 0) is 6.42 Å². The monoisotopic (exact) mass is 246 g/mol. The predicted molar refractivity (Wildman–Crippen MR) is 79.3 cm³/mol. The van der Waals surface area contributed by atoms with E-state index < -0.39 is 0 Å². The second kappa shape index (κ2) is 6.79. The molecule has 1 atom stereocenters. The number of benzene rings is 1. The van der Waals surface area contributed by atoms with Crippen molar-refractivity contribution in [2.75, 3.05) is 24.5 Å². The molecule has 2 nitrogen and oxygen atoms in total. The van der Waals surface area contributed by atoms with Crippen molar-refractivity contribution in [1.29, 1.82) is 0 Å². The van der Waals surface area contributed by atoms with Crippen molar-refractivity contribution in [2.45, 2.75) is 45.6 Å². The van der Waals surface area contributed by atoms with Gasteiger partial charge in [-0.05, 0) is 43.5 Å². The smallest absolute Gasteiger partial charge is 0.0366 e. The lowest BCUT2D eigenvalue weighted by atomic mass is 10.1. The van der Waals surface area contributed by atoms with E-state index in [-0.39, 0.29) is 0 Å². The van der Waals surface area contributed by atoms with Crippen molar-refractivity contribution in [3.63, 3.8) is 0 Å². The summed E-state index contributed by atoms with van der Waals surface area (Å²) in [5.41, 5.74) is 2.81. The van der Waals surface area contributed by atoms with Crippen LogP contribution in [-0.4, -0.2) is 25.7 Å². The molecule has 1 N–H and O–H groups in total. The first kappa shape index (κ1) is 13.4. The van der Waals surface area contributed by atoms with Gasteiger partial charge in [-0.15, -0.1) is 0 Å². The predicted octanol–water partition coefficient (Wildman–Crippen LogP) is 3.22. The third kappa shape index (κ3) is 3.49. The lowest BCUT2D eigenvalue weighted by molar-refractivity contribution is 0.502. The Morgan fingerprint density at radius 2 is 2.00 bits per heavy atom. The fraction of sp³-hybridized carbons (Fsp3) is 0.625. The summed E-state index contributed by atoms with van der Waals surface area (Å²) in [4.78, 5) is 2.54. The molecule has 1 saturated heterocycles. The van der Waals surface area contributed by atoms with Crippen LogP contribution in [0.5, 0.6) is 0 Å². The second-order valence-electron chi connectivity index (χ2n) is 5.26. The van der Waals surface area contributed by atoms with Crippen LogP contribution in [0.1, 0.15) is 38.7 Å². The van der Waals surface area contributed by atoms with Gasteiger partial charge in [-0.3, -0.25) is 0 Å². The lowest BCUT2D eigenvalue weighted by Gasteiger charge is -2.26. The Morgan fingerprint density at radius 1 is 1.22 bits per heavy atom. The molecule has 0 bridgehead atoms. The fourth-order valence-electron chi connectivity index (χ4n) is 2.72. The van der Waals surface area contributed by atoms with Gasteiger partial charge >= 0.3 is 0 Å². The van der Waals surface area contributed by atoms with E-state index >= 15 is 0 Å². The standard InChI is InChI=1S/C16H26N2/c1-3-6-15-13-18(12-5-11-17-15)16-9-7-14(4-2)8-10-16/h7-10,15,17H,3-6,11-13H2,1-2H3. The van der Waals surface area contributed by atoms with E-state index in [1.54, 1.807) is 0 Å². The molecule has 100 valence electrons. The summed E-state index contributed by atoms with van der Waals surface area (Å²) in [5, 5.41) is 3.66. The van der Waals surface area contributed by atoms with E-state index in [0.717, 1.165) is 19.5 Å². The van der Waals surface area contributed by atoms with Crippen molar-refractivity contribution in [3.8, 4) is 0 Å². The maximum absolute atomic E-state index is 3.66. The highest BCUT2D eigenvalue weighted by Crippen LogP contribution is 2.18. The SMILES string of the molecule is CCCC1CN(c2ccc(CC)cc2)CCCN1. The molecular weight excluding hydrogens is 220 g/mol. The van der Waals surface area contributed by atoms with E-state index in [0.29, 0.717) is 6.04 Å². The Kier molecular flexibility index (Phi) is 5.06. The van der Waals surface area contributed by atoms with Crippen LogP contribution in [0.15, 0.2) is 24.3 Å². The number of nitrogens with zero attached hydrogens (tertiary/aromatic N) is 1. The molecule has 1 heterocycles. The molecule has 18 heavy (non-hydrogen) atoms. The molecule has 0 spiro atoms. The minimum Gasteiger partial charge on any atom is -0.370 e. The molecule has 2 heteroatoms. The zero-order valence-electron chi connectivity index (χ0n) is 11.8. The molecule has 0 amide bonds. The summed E-state index contributed by atoms with van der Waals surface area (Å²) in [6.07, 6.45) is 4.92. The highest BCUT2D eigenvalue weighted by atomic mass is 15.2. The van der Waals surface area contributed by atoms with Crippen LogP contribution < -0.4 is 10.2 Å². The number of nitrogens with one attached hydrogen (secondary N) is 1. The molecule has 2 rings (SSSR count). The van der Waals surface area contributed by atoms with Gasteiger partial charge in [0.05, 0.1) is 0 Å². The third-order valence-electron chi connectivity index (χ3n) is 3.83. The first-order valence-electron chi connectivity index (χ1n) is 7.40. The molecule has 1 unspecified atom stereocenters. The second-order valence-corrected chi connectivity index (χ2v) is 5.26. The molecule has 1 aliphatic heterocycles. The van der Waals surface area contributed by atoms with Gasteiger partial charge in [-0.25, -0.2) is 0 Å². The molecule has 0 aliphatic carbocycles. The van der Waals surface area contributed by atoms with Crippen molar-refractivity contribution in [3.05, 3.63) is 29.8 Å². The summed E-state index contributed by atoms with van der Waals surface area (Å²) < 4.78 is 0. The van der Waals surface area contributed by atoms with E-state index in [1.807, 2.05) is 0 Å². The first-order valence-corrected chi connectivity index (χ1v) is 7.40. The molecule has 0 saturated carbocycles. The first-order chi connectivity index (χ1) is 8.83. The van der Waals surface area contributed by atoms with Crippen molar-refractivity contribution in [2.24, 2.45) is 0 Å². The van der Waals surface area contributed by atoms with Crippen molar-refractivity contribution < 1.29 is 0 Å². The van der Waals surface area contributed by atoms with Gasteiger partial charge in [0.2, 0.25) is 0 Å². The average Bonchev–Trinajstić information content (AvgIpc) is 2.65. The van der Waals surface area contributed by atoms with Crippen molar-refractivity contribution >= 4 is 5.69 Å². The van der Waals surface area contributed by atoms with Gasteiger partial charge in [0, 0.05) is 24.8 Å². The minimum atomic E-state index is 0.656. The molecule has 1 aromatic rings. The molecule has 0 radical (unpaired) electrons. The summed E-state index contributed by atoms with van der Waals surface area (Å²) in [6, 6.07) is 9.76. The minimum absolute atomic E-state index is 0.656. The van der Waals surface area contributed by atoms with Crippen LogP contribution in [0.2, 0.25) is 0 Å². The van der Waals surface area contributed by atoms with Crippen LogP contribution in [0.3, 0.4) is 0 Å². The van der Waals surface area contributed by atoms with E-state index in [4.69, 9.17) is 0 Å². The fourth-order valence-corrected chi connectivity index (χ4v) is 2.72. The van der Waals surface area contributed by atoms with Crippen LogP contribution >= 0.6 is 0 Å². The number of anilines is 1. The number of hydrogen-bond donors (Lipinski definition) is 1. The number of hydrogen-bond acceptors (Lipinski definition) is 2. The normalized spacial score (nSPS) is 20.8. The van der Waals surface area contributed by atoms with Crippen LogP contribution in [0.4, 0.5) is 5.69 Å². The van der Waals surface area contributed by atoms with Gasteiger partial charge < -0.3 is 10.2 Å². The quantitative estimate of drug-likeness (QED) is 0.877. The maximum atomic E-state index is 3.66. The van der Waals surface area contributed by atoms with E-state index in [1.165, 1.54) is 37.1 Å². The Labute approximate surface area is 111 Å². The summed E-state index contributed by atoms with van der Waals surface area (Å²) in [5.74, 6) is 0. The molecule has 1 fully saturated rings. The molecular formula is C16H26N2. The van der Waals surface area contributed by atoms with Gasteiger partial charge in [0.25, 0.3) is 0 Å². The van der Waals surface area contributed by atoms with Crippen molar-refractivity contribution in [1.82, 2.24) is 5.32 Å². The number of aryl methyl sites for hydroxylation is 1. The Morgan fingerprint density at radius 3 is 2.67 bits per heavy atom. The number of rotatable bonds is 4. The highest BCUT2D eigenvalue weighted by Gasteiger charge is 2.16. The Bertz CT molecular complexity index is 345. The van der Waals surface area contributed by atoms with Crippen LogP contribution in [0, 0.1) is 0 Å². The van der Waals surface area contributed by atoms with E-state index in [2.05, 4.69) is 48.3 Å². The van der Waals surface area contributed by atoms with Gasteiger partial charge in [0.1, 0.15) is 0 Å². The summed E-state index contributed by atoms with van der Waals surface area (Å²) >= 11 is 0. The lowest BCUT2D eigenvalue weighted by Crippen LogP contribution is -2.37. The molecule has 1 aromatic carbocycles. The summed E-state index contributed by atoms with van der Waals surface area (Å²) in [6.45, 7) is 7.97. The average molecular weight is 246 g/mol. The zero-order chi connectivity index (χ0) is 12.8. The van der Waals surface area contributed by atoms with Gasteiger partial charge in [-0.1, -0.05) is 32.4 Å². The van der Waals surface area contributed by atoms with Crippen LogP contribution in [0.25, 0.3) is 0 Å². The zero-order valence-corrected chi connectivity index (χ0v) is 11.8. The highest BCUT2D eigenvalue weighted by molar-refractivity contribution is 5.48. The third-order valence-corrected chi connectivity index (χ3v) is 3.83. The molecule has 0 aromatic heterocycles. The largest absolute Gasteiger partial charge is 0.370 e. The molecule has 1 aliphatic rings. The van der Waals surface area contributed by atoms with Gasteiger partial charge in [0.15, 0.2) is 0 Å².